The number of hydrogen-bond acceptors (Lipinski definition) is 3. The molecule has 1 amide bonds. The van der Waals surface area contributed by atoms with Crippen molar-refractivity contribution in [2.75, 3.05) is 5.73 Å². The van der Waals surface area contributed by atoms with E-state index < -0.39 is 23.1 Å². The number of hydrogen-bond donors (Lipinski definition) is 2. The van der Waals surface area contributed by atoms with E-state index in [0.717, 1.165) is 12.1 Å². The van der Waals surface area contributed by atoms with Crippen molar-refractivity contribution >= 4 is 11.6 Å². The predicted octanol–water partition coefficient (Wildman–Crippen LogP) is 2.50. The molecule has 0 spiro atoms. The fraction of sp³-hybridized carbons (Fsp3) is 0.214. The Morgan fingerprint density at radius 1 is 1.40 bits per heavy atom. The number of nitrogen functional groups attached to an aromatic ring is 1. The molecule has 6 heteroatoms. The lowest BCUT2D eigenvalue weighted by Crippen LogP contribution is -2.35. The third-order valence-corrected chi connectivity index (χ3v) is 2.81. The maximum Gasteiger partial charge on any atom is 0.257 e. The molecule has 3 N–H and O–H groups in total. The Morgan fingerprint density at radius 3 is 2.80 bits per heavy atom. The number of anilines is 1. The van der Waals surface area contributed by atoms with Gasteiger partial charge in [0.2, 0.25) is 0 Å². The van der Waals surface area contributed by atoms with Gasteiger partial charge in [0, 0.05) is 12.5 Å². The highest BCUT2D eigenvalue weighted by atomic mass is 19.1. The van der Waals surface area contributed by atoms with Crippen LogP contribution in [-0.2, 0) is 6.42 Å². The molecule has 0 aliphatic carbocycles. The van der Waals surface area contributed by atoms with Crippen LogP contribution in [0, 0.1) is 11.6 Å². The summed E-state index contributed by atoms with van der Waals surface area (Å²) in [6, 6.07) is 5.18. The van der Waals surface area contributed by atoms with Gasteiger partial charge in [0.05, 0.1) is 12.0 Å². The van der Waals surface area contributed by atoms with Crippen LogP contribution in [0.25, 0.3) is 0 Å². The summed E-state index contributed by atoms with van der Waals surface area (Å²) in [5.74, 6) is -2.16. The van der Waals surface area contributed by atoms with Crippen molar-refractivity contribution in [3.8, 4) is 0 Å². The van der Waals surface area contributed by atoms with E-state index in [9.17, 15) is 13.6 Å². The van der Waals surface area contributed by atoms with E-state index in [1.807, 2.05) is 0 Å². The molecule has 20 heavy (non-hydrogen) atoms. The van der Waals surface area contributed by atoms with Gasteiger partial charge in [0.1, 0.15) is 17.1 Å². The first-order valence-electron chi connectivity index (χ1n) is 6.05. The summed E-state index contributed by atoms with van der Waals surface area (Å²) in [5.41, 5.74) is 4.39. The number of benzene rings is 1. The summed E-state index contributed by atoms with van der Waals surface area (Å²) in [5, 5.41) is 2.51. The number of carbonyl (C=O) groups excluding carboxylic acids is 1. The Kier molecular flexibility index (Phi) is 4.02. The van der Waals surface area contributed by atoms with Gasteiger partial charge in [-0.05, 0) is 31.2 Å². The predicted molar refractivity (Wildman–Crippen MR) is 70.1 cm³/mol. The van der Waals surface area contributed by atoms with Crippen molar-refractivity contribution in [1.82, 2.24) is 5.32 Å². The van der Waals surface area contributed by atoms with Gasteiger partial charge >= 0.3 is 0 Å². The highest BCUT2D eigenvalue weighted by molar-refractivity contribution is 5.95. The fourth-order valence-electron chi connectivity index (χ4n) is 1.85. The van der Waals surface area contributed by atoms with Crippen molar-refractivity contribution in [1.29, 1.82) is 0 Å². The van der Waals surface area contributed by atoms with Gasteiger partial charge in [-0.15, -0.1) is 0 Å². The van der Waals surface area contributed by atoms with E-state index in [0.29, 0.717) is 12.2 Å². The van der Waals surface area contributed by atoms with Gasteiger partial charge < -0.3 is 15.5 Å². The largest absolute Gasteiger partial charge is 0.469 e. The van der Waals surface area contributed by atoms with Crippen LogP contribution in [-0.4, -0.2) is 11.9 Å². The average Bonchev–Trinajstić information content (AvgIpc) is 2.87. The minimum Gasteiger partial charge on any atom is -0.469 e. The lowest BCUT2D eigenvalue weighted by Gasteiger charge is -2.14. The molecule has 0 saturated carbocycles. The number of halogens is 2. The number of nitrogens with two attached hydrogens (primary N) is 1. The van der Waals surface area contributed by atoms with Crippen molar-refractivity contribution in [2.24, 2.45) is 0 Å². The first-order chi connectivity index (χ1) is 9.49. The van der Waals surface area contributed by atoms with Gasteiger partial charge in [0.25, 0.3) is 5.91 Å². The molecule has 1 aromatic carbocycles. The lowest BCUT2D eigenvalue weighted by molar-refractivity contribution is 0.0931. The van der Waals surface area contributed by atoms with E-state index in [1.54, 1.807) is 19.1 Å². The van der Waals surface area contributed by atoms with Crippen LogP contribution in [0.2, 0.25) is 0 Å². The van der Waals surface area contributed by atoms with Gasteiger partial charge in [-0.25, -0.2) is 8.78 Å². The van der Waals surface area contributed by atoms with Gasteiger partial charge in [-0.2, -0.15) is 0 Å². The molecule has 0 fully saturated rings. The molecule has 2 aromatic rings. The third-order valence-electron chi connectivity index (χ3n) is 2.81. The zero-order valence-electron chi connectivity index (χ0n) is 10.8. The molecular weight excluding hydrogens is 266 g/mol. The minimum absolute atomic E-state index is 0.268. The number of amides is 1. The standard InChI is InChI=1S/C14H14F2N2O2/c1-8(7-9-3-2-6-20-9)18-14(19)12-10(15)4-5-11(17)13(12)16/h2-6,8H,7,17H2,1H3,(H,18,19). The first-order valence-corrected chi connectivity index (χ1v) is 6.05. The van der Waals surface area contributed by atoms with Crippen LogP contribution >= 0.6 is 0 Å². The normalized spacial score (nSPS) is 12.2. The molecular formula is C14H14F2N2O2. The number of nitrogens with one attached hydrogen (secondary N) is 1. The number of furan rings is 1. The molecule has 106 valence electrons. The van der Waals surface area contributed by atoms with E-state index in [-0.39, 0.29) is 11.7 Å². The Bertz CT molecular complexity index is 612. The van der Waals surface area contributed by atoms with E-state index >= 15 is 0 Å². The van der Waals surface area contributed by atoms with E-state index in [2.05, 4.69) is 5.32 Å². The Labute approximate surface area is 114 Å². The highest BCUT2D eigenvalue weighted by Gasteiger charge is 2.21. The molecule has 1 aromatic heterocycles. The summed E-state index contributed by atoms with van der Waals surface area (Å²) >= 11 is 0. The van der Waals surface area contributed by atoms with E-state index in [1.165, 1.54) is 6.26 Å². The molecule has 1 unspecified atom stereocenters. The summed E-state index contributed by atoms with van der Waals surface area (Å²) < 4.78 is 32.4. The van der Waals surface area contributed by atoms with Crippen LogP contribution in [0.1, 0.15) is 23.0 Å². The summed E-state index contributed by atoms with van der Waals surface area (Å²) in [7, 11) is 0. The molecule has 1 atom stereocenters. The lowest BCUT2D eigenvalue weighted by atomic mass is 10.1. The highest BCUT2D eigenvalue weighted by Crippen LogP contribution is 2.18. The zero-order valence-corrected chi connectivity index (χ0v) is 10.8. The molecule has 0 radical (unpaired) electrons. The topological polar surface area (TPSA) is 68.3 Å². The second-order valence-electron chi connectivity index (χ2n) is 4.48. The SMILES string of the molecule is CC(Cc1ccco1)NC(=O)c1c(F)ccc(N)c1F. The molecule has 0 bridgehead atoms. The minimum atomic E-state index is -1.05. The Balaban J connectivity index is 2.10. The molecule has 0 aliphatic heterocycles. The van der Waals surface area contributed by atoms with Crippen LogP contribution < -0.4 is 11.1 Å². The summed E-state index contributed by atoms with van der Waals surface area (Å²) in [6.45, 7) is 1.71. The average molecular weight is 280 g/mol. The van der Waals surface area contributed by atoms with Crippen LogP contribution in [0.4, 0.5) is 14.5 Å². The molecule has 1 heterocycles. The summed E-state index contributed by atoms with van der Waals surface area (Å²) in [4.78, 5) is 11.9. The smallest absolute Gasteiger partial charge is 0.257 e. The molecule has 4 nitrogen and oxygen atoms in total. The number of rotatable bonds is 4. The van der Waals surface area contributed by atoms with Gasteiger partial charge in [-0.3, -0.25) is 4.79 Å². The monoisotopic (exact) mass is 280 g/mol. The molecule has 0 aliphatic rings. The Hall–Kier alpha value is -2.37. The second-order valence-corrected chi connectivity index (χ2v) is 4.48. The van der Waals surface area contributed by atoms with Crippen LogP contribution in [0.3, 0.4) is 0 Å². The van der Waals surface area contributed by atoms with Gasteiger partial charge in [0.15, 0.2) is 5.82 Å². The van der Waals surface area contributed by atoms with Crippen molar-refractivity contribution in [2.45, 2.75) is 19.4 Å². The molecule has 2 rings (SSSR count). The first kappa shape index (κ1) is 14.0. The zero-order chi connectivity index (χ0) is 14.7. The van der Waals surface area contributed by atoms with Gasteiger partial charge in [-0.1, -0.05) is 0 Å². The maximum atomic E-state index is 13.7. The third kappa shape index (κ3) is 2.96. The number of carbonyl (C=O) groups is 1. The quantitative estimate of drug-likeness (QED) is 0.845. The summed E-state index contributed by atoms with van der Waals surface area (Å²) in [6.07, 6.45) is 1.94. The second kappa shape index (κ2) is 5.73. The molecule has 0 saturated heterocycles. The Morgan fingerprint density at radius 2 is 2.15 bits per heavy atom. The fourth-order valence-corrected chi connectivity index (χ4v) is 1.85. The van der Waals surface area contributed by atoms with Crippen LogP contribution in [0.5, 0.6) is 0 Å². The van der Waals surface area contributed by atoms with Crippen molar-refractivity contribution < 1.29 is 18.0 Å². The van der Waals surface area contributed by atoms with E-state index in [4.69, 9.17) is 10.2 Å². The maximum absolute atomic E-state index is 13.7. The van der Waals surface area contributed by atoms with Crippen molar-refractivity contribution in [3.05, 3.63) is 53.5 Å². The van der Waals surface area contributed by atoms with Crippen LogP contribution in [0.15, 0.2) is 34.9 Å². The van der Waals surface area contributed by atoms with Crippen molar-refractivity contribution in [3.63, 3.8) is 0 Å².